The maximum absolute atomic E-state index is 15.4. The van der Waals surface area contributed by atoms with Crippen LogP contribution in [0.25, 0.3) is 0 Å². The van der Waals surface area contributed by atoms with Crippen molar-refractivity contribution >= 4 is 29.2 Å². The molecule has 1 aromatic heterocycles. The molecule has 0 bridgehead atoms. The zero-order valence-corrected chi connectivity index (χ0v) is 24.7. The zero-order chi connectivity index (χ0) is 30.1. The molecule has 1 saturated heterocycles. The van der Waals surface area contributed by atoms with E-state index in [0.717, 1.165) is 32.1 Å². The minimum Gasteiger partial charge on any atom is -0.344 e. The molecule has 0 radical (unpaired) electrons. The van der Waals surface area contributed by atoms with Gasteiger partial charge in [-0.3, -0.25) is 23.9 Å². The van der Waals surface area contributed by atoms with Gasteiger partial charge in [0, 0.05) is 64.1 Å². The highest BCUT2D eigenvalue weighted by Gasteiger charge is 2.33. The second-order valence-corrected chi connectivity index (χ2v) is 11.2. The van der Waals surface area contributed by atoms with Crippen LogP contribution < -0.4 is 16.0 Å². The van der Waals surface area contributed by atoms with Gasteiger partial charge < -0.3 is 20.9 Å². The second-order valence-electron chi connectivity index (χ2n) is 11.2. The summed E-state index contributed by atoms with van der Waals surface area (Å²) < 4.78 is 17.0. The first-order valence-corrected chi connectivity index (χ1v) is 15.2. The highest BCUT2D eigenvalue weighted by Crippen LogP contribution is 2.34. The lowest BCUT2D eigenvalue weighted by Crippen LogP contribution is -2.54. The van der Waals surface area contributed by atoms with Crippen molar-refractivity contribution in [1.82, 2.24) is 25.3 Å². The molecule has 1 aliphatic heterocycles. The minimum absolute atomic E-state index is 0.0261. The summed E-state index contributed by atoms with van der Waals surface area (Å²) in [5.74, 6) is -2.13. The Labute approximate surface area is 246 Å². The number of nitrogens with one attached hydrogen (secondary N) is 3. The van der Waals surface area contributed by atoms with Gasteiger partial charge in [0.25, 0.3) is 0 Å². The van der Waals surface area contributed by atoms with E-state index in [1.807, 2.05) is 6.92 Å². The Hall–Kier alpha value is -3.60. The first kappa shape index (κ1) is 31.3. The van der Waals surface area contributed by atoms with E-state index in [-0.39, 0.29) is 54.4 Å². The second kappa shape index (κ2) is 15.0. The van der Waals surface area contributed by atoms with Crippen LogP contribution >= 0.6 is 0 Å². The molecule has 3 amide bonds. The fourth-order valence-electron chi connectivity index (χ4n) is 5.99. The van der Waals surface area contributed by atoms with Crippen LogP contribution in [0.5, 0.6) is 0 Å². The molecular formula is C31H43FN6O4. The van der Waals surface area contributed by atoms with Gasteiger partial charge in [-0.1, -0.05) is 32.3 Å². The number of carbonyl (C=O) groups excluding carboxylic acids is 4. The van der Waals surface area contributed by atoms with Gasteiger partial charge in [-0.15, -0.1) is 0 Å². The number of ketones is 1. The van der Waals surface area contributed by atoms with Crippen LogP contribution in [0.1, 0.15) is 74.8 Å². The Morgan fingerprint density at radius 1 is 1.07 bits per heavy atom. The van der Waals surface area contributed by atoms with E-state index in [0.29, 0.717) is 44.0 Å². The van der Waals surface area contributed by atoms with Gasteiger partial charge >= 0.3 is 0 Å². The number of Topliss-reactive ketones (excluding diaryl/α,β-unsaturated/α-hetero) is 1. The average Bonchev–Trinajstić information content (AvgIpc) is 3.50. The zero-order valence-electron chi connectivity index (χ0n) is 24.7. The van der Waals surface area contributed by atoms with E-state index < -0.39 is 17.8 Å². The highest BCUT2D eigenvalue weighted by molar-refractivity contribution is 6.00. The summed E-state index contributed by atoms with van der Waals surface area (Å²) in [6.45, 7) is 6.62. The lowest BCUT2D eigenvalue weighted by atomic mass is 9.77. The van der Waals surface area contributed by atoms with Crippen molar-refractivity contribution in [2.75, 3.05) is 31.5 Å². The van der Waals surface area contributed by atoms with Crippen molar-refractivity contribution < 1.29 is 23.6 Å². The van der Waals surface area contributed by atoms with Gasteiger partial charge in [0.05, 0.1) is 5.69 Å². The fourth-order valence-corrected chi connectivity index (χ4v) is 5.99. The number of nitrogens with zero attached hydrogens (tertiary/aromatic N) is 3. The SMILES string of the molecule is CCC(=O)N[C@H](Cc1ccc(NC(=O)[C@@H](CC(=O)c2ccnn2CC)C2CCCCC2)c(F)c1)C(=O)N1CCNCC1. The first-order valence-electron chi connectivity index (χ1n) is 15.2. The smallest absolute Gasteiger partial charge is 0.245 e. The van der Waals surface area contributed by atoms with E-state index >= 15 is 4.39 Å². The van der Waals surface area contributed by atoms with Crippen LogP contribution in [0, 0.1) is 17.7 Å². The van der Waals surface area contributed by atoms with Crippen LogP contribution in [0.4, 0.5) is 10.1 Å². The molecular weight excluding hydrogens is 539 g/mol. The fraction of sp³-hybridized carbons (Fsp3) is 0.581. The monoisotopic (exact) mass is 582 g/mol. The molecule has 0 unspecified atom stereocenters. The number of piperazine rings is 1. The Bertz CT molecular complexity index is 1250. The standard InChI is InChI=1S/C31H43FN6O4/c1-3-29(40)35-26(31(42)37-16-14-33-15-17-37)19-21-10-11-25(24(32)18-21)36-30(41)23(22-8-6-5-7-9-22)20-28(39)27-12-13-34-38(27)4-2/h10-13,18,22-23,26,33H,3-9,14-17,19-20H2,1-2H3,(H,35,40)(H,36,41)/t23-,26+/m0/s1. The number of halogens is 1. The summed E-state index contributed by atoms with van der Waals surface area (Å²) in [5, 5.41) is 12.9. The normalized spacial score (nSPS) is 17.4. The van der Waals surface area contributed by atoms with Crippen molar-refractivity contribution in [2.45, 2.75) is 77.8 Å². The van der Waals surface area contributed by atoms with E-state index in [1.54, 1.807) is 34.8 Å². The van der Waals surface area contributed by atoms with Gasteiger partial charge in [0.1, 0.15) is 17.6 Å². The topological polar surface area (TPSA) is 125 Å². The van der Waals surface area contributed by atoms with Crippen molar-refractivity contribution in [1.29, 1.82) is 0 Å². The molecule has 42 heavy (non-hydrogen) atoms. The molecule has 1 saturated carbocycles. The van der Waals surface area contributed by atoms with Crippen LogP contribution in [-0.4, -0.2) is 70.4 Å². The van der Waals surface area contributed by atoms with Crippen LogP contribution in [-0.2, 0) is 27.3 Å². The lowest BCUT2D eigenvalue weighted by molar-refractivity contribution is -0.136. The summed E-state index contributed by atoms with van der Waals surface area (Å²) >= 11 is 0. The molecule has 2 atom stereocenters. The van der Waals surface area contributed by atoms with Crippen molar-refractivity contribution in [2.24, 2.45) is 11.8 Å². The predicted molar refractivity (Wildman–Crippen MR) is 157 cm³/mol. The molecule has 2 fully saturated rings. The molecule has 0 spiro atoms. The third-order valence-electron chi connectivity index (χ3n) is 8.38. The third kappa shape index (κ3) is 8.02. The largest absolute Gasteiger partial charge is 0.344 e. The molecule has 3 N–H and O–H groups in total. The van der Waals surface area contributed by atoms with Crippen LogP contribution in [0.3, 0.4) is 0 Å². The first-order chi connectivity index (χ1) is 20.3. The summed E-state index contributed by atoms with van der Waals surface area (Å²) in [4.78, 5) is 53.8. The van der Waals surface area contributed by atoms with E-state index in [1.165, 1.54) is 12.1 Å². The molecule has 2 heterocycles. The Morgan fingerprint density at radius 2 is 1.81 bits per heavy atom. The van der Waals surface area contributed by atoms with Crippen molar-refractivity contribution in [3.05, 3.63) is 47.5 Å². The summed E-state index contributed by atoms with van der Waals surface area (Å²) in [6.07, 6.45) is 6.79. The van der Waals surface area contributed by atoms with Gasteiger partial charge in [-0.2, -0.15) is 5.10 Å². The number of hydrogen-bond donors (Lipinski definition) is 3. The summed E-state index contributed by atoms with van der Waals surface area (Å²) in [7, 11) is 0. The van der Waals surface area contributed by atoms with Gasteiger partial charge in [-0.25, -0.2) is 4.39 Å². The van der Waals surface area contributed by atoms with Gasteiger partial charge in [0.2, 0.25) is 17.7 Å². The number of carbonyl (C=O) groups is 4. The summed E-state index contributed by atoms with van der Waals surface area (Å²) in [5.41, 5.74) is 1.03. The molecule has 1 aliphatic carbocycles. The Morgan fingerprint density at radius 3 is 2.48 bits per heavy atom. The number of rotatable bonds is 12. The van der Waals surface area contributed by atoms with Crippen LogP contribution in [0.15, 0.2) is 30.5 Å². The minimum atomic E-state index is -0.811. The maximum atomic E-state index is 15.4. The maximum Gasteiger partial charge on any atom is 0.245 e. The van der Waals surface area contributed by atoms with Gasteiger partial charge in [0.15, 0.2) is 5.78 Å². The number of hydrogen-bond acceptors (Lipinski definition) is 6. The van der Waals surface area contributed by atoms with Crippen molar-refractivity contribution in [3.8, 4) is 0 Å². The number of amides is 3. The number of anilines is 1. The molecule has 2 aliphatic rings. The molecule has 2 aromatic rings. The van der Waals surface area contributed by atoms with Gasteiger partial charge in [-0.05, 0) is 49.4 Å². The molecule has 10 nitrogen and oxygen atoms in total. The molecule has 228 valence electrons. The lowest BCUT2D eigenvalue weighted by Gasteiger charge is -2.31. The number of aromatic nitrogens is 2. The Kier molecular flexibility index (Phi) is 11.2. The average molecular weight is 583 g/mol. The predicted octanol–water partition coefficient (Wildman–Crippen LogP) is 3.32. The number of aryl methyl sites for hydroxylation is 1. The quantitative estimate of drug-likeness (QED) is 0.330. The Balaban J connectivity index is 1.47. The molecule has 4 rings (SSSR count). The number of benzene rings is 1. The highest BCUT2D eigenvalue weighted by atomic mass is 19.1. The molecule has 11 heteroatoms. The third-order valence-corrected chi connectivity index (χ3v) is 8.38. The van der Waals surface area contributed by atoms with E-state index in [2.05, 4.69) is 21.0 Å². The summed E-state index contributed by atoms with van der Waals surface area (Å²) in [6, 6.07) is 5.31. The molecule has 1 aromatic carbocycles. The van der Waals surface area contributed by atoms with Crippen molar-refractivity contribution in [3.63, 3.8) is 0 Å². The van der Waals surface area contributed by atoms with Crippen LogP contribution in [0.2, 0.25) is 0 Å². The van der Waals surface area contributed by atoms with E-state index in [9.17, 15) is 19.2 Å². The van der Waals surface area contributed by atoms with E-state index in [4.69, 9.17) is 0 Å².